The van der Waals surface area contributed by atoms with Gasteiger partial charge in [-0.1, -0.05) is 0 Å². The number of rotatable bonds is 5. The van der Waals surface area contributed by atoms with Crippen LogP contribution in [-0.4, -0.2) is 52.7 Å². The summed E-state index contributed by atoms with van der Waals surface area (Å²) in [5, 5.41) is 2.75. The van der Waals surface area contributed by atoms with Crippen LogP contribution in [0, 0.1) is 12.8 Å². The molecule has 2 aliphatic heterocycles. The molecule has 1 atom stereocenters. The number of aryl methyl sites for hydroxylation is 1. The van der Waals surface area contributed by atoms with Crippen molar-refractivity contribution in [2.24, 2.45) is 5.92 Å². The fourth-order valence-corrected chi connectivity index (χ4v) is 4.25. The maximum absolute atomic E-state index is 12.5. The van der Waals surface area contributed by atoms with Gasteiger partial charge in [-0.2, -0.15) is 0 Å². The SMILES string of the molecule is Cc1nc(C(=O)N2CC3(C2)OCC[C@H]3CCOc2cccnc2)cs1. The van der Waals surface area contributed by atoms with E-state index in [4.69, 9.17) is 9.47 Å². The molecule has 6 nitrogen and oxygen atoms in total. The highest BCUT2D eigenvalue weighted by atomic mass is 32.1. The van der Waals surface area contributed by atoms with E-state index in [1.54, 1.807) is 12.4 Å². The number of hydrogen-bond acceptors (Lipinski definition) is 6. The first-order valence-electron chi connectivity index (χ1n) is 8.54. The van der Waals surface area contributed by atoms with Gasteiger partial charge in [0, 0.05) is 18.2 Å². The number of pyridine rings is 1. The van der Waals surface area contributed by atoms with Crippen LogP contribution >= 0.6 is 11.3 Å². The van der Waals surface area contributed by atoms with E-state index in [1.165, 1.54) is 11.3 Å². The highest BCUT2D eigenvalue weighted by Gasteiger charge is 2.54. The summed E-state index contributed by atoms with van der Waals surface area (Å²) >= 11 is 1.51. The lowest BCUT2D eigenvalue weighted by Crippen LogP contribution is -2.66. The van der Waals surface area contributed by atoms with Gasteiger partial charge < -0.3 is 14.4 Å². The molecule has 1 amide bonds. The number of thiazole rings is 1. The topological polar surface area (TPSA) is 64.6 Å². The fraction of sp³-hybridized carbons (Fsp3) is 0.500. The number of nitrogens with zero attached hydrogens (tertiary/aromatic N) is 3. The second-order valence-electron chi connectivity index (χ2n) is 6.64. The van der Waals surface area contributed by atoms with Crippen LogP contribution in [0.15, 0.2) is 29.9 Å². The number of likely N-dealkylation sites (tertiary alicyclic amines) is 1. The molecule has 2 fully saturated rings. The second kappa shape index (κ2) is 6.72. The standard InChI is InChI=1S/C18H21N3O3S/c1-13-20-16(10-25-13)17(22)21-11-18(12-21)14(5-8-24-18)4-7-23-15-3-2-6-19-9-15/h2-3,6,9-10,14H,4-5,7-8,11-12H2,1H3/t14-/m1/s1. The Morgan fingerprint density at radius 2 is 2.40 bits per heavy atom. The van der Waals surface area contributed by atoms with Crippen molar-refractivity contribution in [1.82, 2.24) is 14.9 Å². The monoisotopic (exact) mass is 359 g/mol. The third-order valence-corrected chi connectivity index (χ3v) is 5.79. The van der Waals surface area contributed by atoms with Gasteiger partial charge in [0.15, 0.2) is 0 Å². The number of carbonyl (C=O) groups excluding carboxylic acids is 1. The van der Waals surface area contributed by atoms with E-state index in [1.807, 2.05) is 29.3 Å². The molecule has 132 valence electrons. The summed E-state index contributed by atoms with van der Waals surface area (Å²) in [5.41, 5.74) is 0.353. The Labute approximate surface area is 150 Å². The zero-order valence-electron chi connectivity index (χ0n) is 14.2. The molecule has 4 rings (SSSR count). The van der Waals surface area contributed by atoms with Gasteiger partial charge in [0.2, 0.25) is 0 Å². The number of aromatic nitrogens is 2. The van der Waals surface area contributed by atoms with Gasteiger partial charge in [-0.15, -0.1) is 11.3 Å². The van der Waals surface area contributed by atoms with E-state index in [0.29, 0.717) is 31.3 Å². The molecule has 2 aromatic rings. The molecule has 0 bridgehead atoms. The summed E-state index contributed by atoms with van der Waals surface area (Å²) in [6.07, 6.45) is 5.40. The van der Waals surface area contributed by atoms with Crippen LogP contribution in [0.1, 0.15) is 28.3 Å². The smallest absolute Gasteiger partial charge is 0.273 e. The van der Waals surface area contributed by atoms with Gasteiger partial charge in [-0.05, 0) is 37.8 Å². The van der Waals surface area contributed by atoms with Crippen LogP contribution in [0.2, 0.25) is 0 Å². The first kappa shape index (κ1) is 16.5. The maximum atomic E-state index is 12.5. The molecule has 2 aromatic heterocycles. The van der Waals surface area contributed by atoms with Crippen molar-refractivity contribution in [3.05, 3.63) is 40.6 Å². The molecule has 0 radical (unpaired) electrons. The molecule has 0 unspecified atom stereocenters. The van der Waals surface area contributed by atoms with Crippen LogP contribution in [0.3, 0.4) is 0 Å². The van der Waals surface area contributed by atoms with Crippen LogP contribution in [0.4, 0.5) is 0 Å². The normalized spacial score (nSPS) is 21.3. The Morgan fingerprint density at radius 3 is 3.12 bits per heavy atom. The number of carbonyl (C=O) groups is 1. The van der Waals surface area contributed by atoms with E-state index in [9.17, 15) is 4.79 Å². The molecular formula is C18H21N3O3S. The summed E-state index contributed by atoms with van der Waals surface area (Å²) in [6.45, 7) is 4.62. The van der Waals surface area contributed by atoms with Gasteiger partial charge in [-0.3, -0.25) is 9.78 Å². The molecule has 25 heavy (non-hydrogen) atoms. The zero-order valence-corrected chi connectivity index (χ0v) is 15.0. The zero-order chi connectivity index (χ0) is 17.3. The Bertz CT molecular complexity index is 743. The maximum Gasteiger partial charge on any atom is 0.273 e. The van der Waals surface area contributed by atoms with Crippen LogP contribution in [0.5, 0.6) is 5.75 Å². The summed E-state index contributed by atoms with van der Waals surface area (Å²) in [6, 6.07) is 3.78. The minimum absolute atomic E-state index is 0.0100. The van der Waals surface area contributed by atoms with Crippen molar-refractivity contribution in [2.75, 3.05) is 26.3 Å². The van der Waals surface area contributed by atoms with Gasteiger partial charge in [0.1, 0.15) is 17.0 Å². The van der Waals surface area contributed by atoms with Crippen molar-refractivity contribution in [1.29, 1.82) is 0 Å². The molecule has 0 saturated carbocycles. The van der Waals surface area contributed by atoms with Gasteiger partial charge in [-0.25, -0.2) is 4.98 Å². The van der Waals surface area contributed by atoms with Crippen LogP contribution < -0.4 is 4.74 Å². The van der Waals surface area contributed by atoms with Gasteiger partial charge >= 0.3 is 0 Å². The summed E-state index contributed by atoms with van der Waals surface area (Å²) < 4.78 is 11.8. The van der Waals surface area contributed by atoms with E-state index in [2.05, 4.69) is 9.97 Å². The molecule has 7 heteroatoms. The van der Waals surface area contributed by atoms with Crippen molar-refractivity contribution < 1.29 is 14.3 Å². The predicted octanol–water partition coefficient (Wildman–Crippen LogP) is 2.55. The summed E-state index contributed by atoms with van der Waals surface area (Å²) in [7, 11) is 0. The lowest BCUT2D eigenvalue weighted by molar-refractivity contribution is -0.119. The number of amides is 1. The third-order valence-electron chi connectivity index (χ3n) is 5.01. The largest absolute Gasteiger partial charge is 0.492 e. The average Bonchev–Trinajstić information content (AvgIpc) is 3.20. The van der Waals surface area contributed by atoms with Crippen molar-refractivity contribution in [3.63, 3.8) is 0 Å². The van der Waals surface area contributed by atoms with Crippen LogP contribution in [0.25, 0.3) is 0 Å². The summed E-state index contributed by atoms with van der Waals surface area (Å²) in [5.74, 6) is 1.22. The van der Waals surface area contributed by atoms with E-state index < -0.39 is 0 Å². The Balaban J connectivity index is 1.31. The Morgan fingerprint density at radius 1 is 1.52 bits per heavy atom. The molecule has 0 aliphatic carbocycles. The van der Waals surface area contributed by atoms with Crippen molar-refractivity contribution in [3.8, 4) is 5.75 Å². The quantitative estimate of drug-likeness (QED) is 0.821. The average molecular weight is 359 g/mol. The van der Waals surface area contributed by atoms with E-state index in [-0.39, 0.29) is 11.5 Å². The summed E-state index contributed by atoms with van der Waals surface area (Å²) in [4.78, 5) is 22.7. The second-order valence-corrected chi connectivity index (χ2v) is 7.70. The van der Waals surface area contributed by atoms with Crippen molar-refractivity contribution in [2.45, 2.75) is 25.4 Å². The molecule has 0 N–H and O–H groups in total. The Hall–Kier alpha value is -1.99. The predicted molar refractivity (Wildman–Crippen MR) is 93.9 cm³/mol. The highest BCUT2D eigenvalue weighted by molar-refractivity contribution is 7.09. The fourth-order valence-electron chi connectivity index (χ4n) is 3.66. The molecular weight excluding hydrogens is 338 g/mol. The minimum atomic E-state index is -0.195. The van der Waals surface area contributed by atoms with Gasteiger partial charge in [0.05, 0.1) is 30.9 Å². The van der Waals surface area contributed by atoms with Crippen LogP contribution in [-0.2, 0) is 4.74 Å². The molecule has 2 saturated heterocycles. The molecule has 2 aliphatic rings. The molecule has 1 spiro atoms. The number of hydrogen-bond donors (Lipinski definition) is 0. The molecule has 0 aromatic carbocycles. The first-order chi connectivity index (χ1) is 12.2. The Kier molecular flexibility index (Phi) is 4.43. The first-order valence-corrected chi connectivity index (χ1v) is 9.42. The third kappa shape index (κ3) is 3.26. The van der Waals surface area contributed by atoms with E-state index >= 15 is 0 Å². The lowest BCUT2D eigenvalue weighted by atomic mass is 9.79. The van der Waals surface area contributed by atoms with E-state index in [0.717, 1.165) is 30.2 Å². The number of ether oxygens (including phenoxy) is 2. The van der Waals surface area contributed by atoms with Crippen molar-refractivity contribution >= 4 is 17.2 Å². The molecule has 4 heterocycles. The van der Waals surface area contributed by atoms with Gasteiger partial charge in [0.25, 0.3) is 5.91 Å². The lowest BCUT2D eigenvalue weighted by Gasteiger charge is -2.50. The highest BCUT2D eigenvalue weighted by Crippen LogP contribution is 2.42. The minimum Gasteiger partial charge on any atom is -0.492 e.